The van der Waals surface area contributed by atoms with E-state index >= 15 is 0 Å². The molecule has 0 aromatic rings. The summed E-state index contributed by atoms with van der Waals surface area (Å²) in [7, 11) is 0. The van der Waals surface area contributed by atoms with E-state index in [4.69, 9.17) is 0 Å². The molecule has 54 valence electrons. The van der Waals surface area contributed by atoms with Gasteiger partial charge in [0.05, 0.1) is 0 Å². The van der Waals surface area contributed by atoms with Gasteiger partial charge < -0.3 is 16.8 Å². The highest BCUT2D eigenvalue weighted by molar-refractivity contribution is 4.88. The summed E-state index contributed by atoms with van der Waals surface area (Å²) in [6.45, 7) is 4.99. The summed E-state index contributed by atoms with van der Waals surface area (Å²) in [6, 6.07) is 0. The quantitative estimate of drug-likeness (QED) is 0.416. The summed E-state index contributed by atoms with van der Waals surface area (Å²) < 4.78 is 0. The normalized spacial score (nSPS) is 40.0. The van der Waals surface area contributed by atoms with Gasteiger partial charge in [-0.05, 0) is 38.0 Å². The third-order valence-electron chi connectivity index (χ3n) is 2.29. The standard InChI is InChI=1S/C6H12N2.H3N/c1-5-2-8-4-6(5)3-7-1;/h5-8H,1-4H2;1H3. The van der Waals surface area contributed by atoms with Crippen molar-refractivity contribution < 1.29 is 0 Å². The minimum Gasteiger partial charge on any atom is -0.344 e. The van der Waals surface area contributed by atoms with Crippen LogP contribution in [-0.2, 0) is 0 Å². The van der Waals surface area contributed by atoms with Crippen LogP contribution in [0.3, 0.4) is 0 Å². The summed E-state index contributed by atoms with van der Waals surface area (Å²) in [5.74, 6) is 1.91. The third kappa shape index (κ3) is 1.08. The summed E-state index contributed by atoms with van der Waals surface area (Å²) >= 11 is 0. The zero-order chi connectivity index (χ0) is 5.40. The fraction of sp³-hybridized carbons (Fsp3) is 1.00. The van der Waals surface area contributed by atoms with E-state index in [1.807, 2.05) is 0 Å². The SMILES string of the molecule is C1NCC2CNCC12.N. The second-order valence-electron chi connectivity index (χ2n) is 2.84. The molecule has 2 heterocycles. The molecule has 0 bridgehead atoms. The predicted octanol–water partition coefficient (Wildman–Crippen LogP) is -0.413. The highest BCUT2D eigenvalue weighted by Gasteiger charge is 2.30. The Kier molecular flexibility index (Phi) is 2.05. The molecule has 2 saturated heterocycles. The van der Waals surface area contributed by atoms with E-state index in [9.17, 15) is 0 Å². The first-order valence-corrected chi connectivity index (χ1v) is 3.38. The fourth-order valence-corrected chi connectivity index (χ4v) is 1.72. The van der Waals surface area contributed by atoms with Crippen LogP contribution in [0.1, 0.15) is 0 Å². The van der Waals surface area contributed by atoms with Crippen LogP contribution in [0.2, 0.25) is 0 Å². The van der Waals surface area contributed by atoms with Gasteiger partial charge in [-0.25, -0.2) is 0 Å². The molecular formula is C6H15N3. The molecule has 9 heavy (non-hydrogen) atoms. The van der Waals surface area contributed by atoms with Gasteiger partial charge in [0, 0.05) is 0 Å². The Hall–Kier alpha value is -0.120. The predicted molar refractivity (Wildman–Crippen MR) is 37.7 cm³/mol. The molecule has 0 unspecified atom stereocenters. The van der Waals surface area contributed by atoms with E-state index in [0.29, 0.717) is 0 Å². The lowest BCUT2D eigenvalue weighted by Crippen LogP contribution is -2.19. The Morgan fingerprint density at radius 1 is 0.778 bits per heavy atom. The Balaban J connectivity index is 0.000000405. The van der Waals surface area contributed by atoms with Crippen molar-refractivity contribution in [1.29, 1.82) is 0 Å². The van der Waals surface area contributed by atoms with Crippen molar-refractivity contribution in [1.82, 2.24) is 16.8 Å². The first-order chi connectivity index (χ1) is 3.97. The molecule has 0 aliphatic carbocycles. The Labute approximate surface area is 55.8 Å². The van der Waals surface area contributed by atoms with Crippen LogP contribution >= 0.6 is 0 Å². The molecule has 3 nitrogen and oxygen atoms in total. The van der Waals surface area contributed by atoms with Crippen molar-refractivity contribution in [3.8, 4) is 0 Å². The second-order valence-corrected chi connectivity index (χ2v) is 2.84. The molecule has 0 aromatic heterocycles. The molecule has 2 aliphatic heterocycles. The van der Waals surface area contributed by atoms with Crippen molar-refractivity contribution in [3.05, 3.63) is 0 Å². The van der Waals surface area contributed by atoms with E-state index in [0.717, 1.165) is 11.8 Å². The number of rotatable bonds is 0. The van der Waals surface area contributed by atoms with Crippen molar-refractivity contribution >= 4 is 0 Å². The summed E-state index contributed by atoms with van der Waals surface area (Å²) in [6.07, 6.45) is 0. The van der Waals surface area contributed by atoms with Gasteiger partial charge in [-0.1, -0.05) is 0 Å². The first kappa shape index (κ1) is 6.99. The molecule has 0 saturated carbocycles. The molecule has 2 rings (SSSR count). The average Bonchev–Trinajstić information content (AvgIpc) is 2.15. The van der Waals surface area contributed by atoms with Gasteiger partial charge in [0.1, 0.15) is 0 Å². The maximum atomic E-state index is 3.38. The van der Waals surface area contributed by atoms with Crippen LogP contribution < -0.4 is 16.8 Å². The molecule has 0 aromatic carbocycles. The van der Waals surface area contributed by atoms with E-state index < -0.39 is 0 Å². The molecule has 0 spiro atoms. The van der Waals surface area contributed by atoms with Gasteiger partial charge in [0.2, 0.25) is 0 Å². The number of fused-ring (bicyclic) bond motifs is 1. The van der Waals surface area contributed by atoms with Crippen LogP contribution in [0.4, 0.5) is 0 Å². The van der Waals surface area contributed by atoms with Gasteiger partial charge in [-0.3, -0.25) is 0 Å². The van der Waals surface area contributed by atoms with Crippen LogP contribution in [0.15, 0.2) is 0 Å². The molecule has 0 radical (unpaired) electrons. The van der Waals surface area contributed by atoms with Crippen molar-refractivity contribution in [2.75, 3.05) is 26.2 Å². The van der Waals surface area contributed by atoms with Gasteiger partial charge in [-0.15, -0.1) is 0 Å². The molecule has 5 N–H and O–H groups in total. The van der Waals surface area contributed by atoms with Crippen LogP contribution in [-0.4, -0.2) is 26.2 Å². The Morgan fingerprint density at radius 2 is 1.11 bits per heavy atom. The third-order valence-corrected chi connectivity index (χ3v) is 2.29. The van der Waals surface area contributed by atoms with Gasteiger partial charge in [0.15, 0.2) is 0 Å². The molecule has 2 aliphatic rings. The highest BCUT2D eigenvalue weighted by atomic mass is 15.0. The van der Waals surface area contributed by atoms with Crippen molar-refractivity contribution in [2.45, 2.75) is 0 Å². The minimum atomic E-state index is 0. The number of nitrogens with one attached hydrogen (secondary N) is 2. The van der Waals surface area contributed by atoms with Crippen molar-refractivity contribution in [3.63, 3.8) is 0 Å². The van der Waals surface area contributed by atoms with E-state index in [1.165, 1.54) is 26.2 Å². The molecule has 0 atom stereocenters. The summed E-state index contributed by atoms with van der Waals surface area (Å²) in [5.41, 5.74) is 0. The molecule has 3 heteroatoms. The Bertz CT molecular complexity index is 74.3. The van der Waals surface area contributed by atoms with E-state index in [-0.39, 0.29) is 6.15 Å². The van der Waals surface area contributed by atoms with Crippen LogP contribution in [0, 0.1) is 11.8 Å². The summed E-state index contributed by atoms with van der Waals surface area (Å²) in [4.78, 5) is 0. The largest absolute Gasteiger partial charge is 0.344 e. The zero-order valence-electron chi connectivity index (χ0n) is 5.69. The molecule has 2 fully saturated rings. The highest BCUT2D eigenvalue weighted by Crippen LogP contribution is 2.19. The van der Waals surface area contributed by atoms with Crippen LogP contribution in [0.5, 0.6) is 0 Å². The lowest BCUT2D eigenvalue weighted by atomic mass is 10.0. The topological polar surface area (TPSA) is 59.1 Å². The second kappa shape index (κ2) is 2.64. The monoisotopic (exact) mass is 129 g/mol. The van der Waals surface area contributed by atoms with E-state index in [1.54, 1.807) is 0 Å². The maximum Gasteiger partial charge on any atom is -0.000463 e. The smallest absolute Gasteiger partial charge is 0.000463 e. The molecular weight excluding hydrogens is 114 g/mol. The summed E-state index contributed by atoms with van der Waals surface area (Å²) in [5, 5.41) is 6.77. The van der Waals surface area contributed by atoms with Crippen LogP contribution in [0.25, 0.3) is 0 Å². The zero-order valence-corrected chi connectivity index (χ0v) is 5.69. The average molecular weight is 129 g/mol. The van der Waals surface area contributed by atoms with Gasteiger partial charge >= 0.3 is 0 Å². The Morgan fingerprint density at radius 3 is 1.44 bits per heavy atom. The first-order valence-electron chi connectivity index (χ1n) is 3.38. The maximum absolute atomic E-state index is 3.38. The van der Waals surface area contributed by atoms with Gasteiger partial charge in [0.25, 0.3) is 0 Å². The lowest BCUT2D eigenvalue weighted by molar-refractivity contribution is 0.533. The molecule has 0 amide bonds. The lowest BCUT2D eigenvalue weighted by Gasteiger charge is -2.01. The van der Waals surface area contributed by atoms with E-state index in [2.05, 4.69) is 10.6 Å². The van der Waals surface area contributed by atoms with Gasteiger partial charge in [-0.2, -0.15) is 0 Å². The number of hydrogen-bond donors (Lipinski definition) is 3. The minimum absolute atomic E-state index is 0. The van der Waals surface area contributed by atoms with Crippen molar-refractivity contribution in [2.24, 2.45) is 11.8 Å². The number of hydrogen-bond acceptors (Lipinski definition) is 3. The fourth-order valence-electron chi connectivity index (χ4n) is 1.72.